The standard InChI is InChI=1S/C19H21NO7S/c1-10-6-5-7-11(2)15(10)27-9-13(21)26-8-12-14(18(22)24-3)17(20)28-16(12)19(23)25-4/h5-7H,8-9,20H2,1-4H3. The number of hydrogen-bond donors (Lipinski definition) is 1. The Morgan fingerprint density at radius 3 is 2.21 bits per heavy atom. The molecule has 0 saturated carbocycles. The lowest BCUT2D eigenvalue weighted by molar-refractivity contribution is -0.147. The molecule has 28 heavy (non-hydrogen) atoms. The van der Waals surface area contributed by atoms with Crippen LogP contribution in [-0.4, -0.2) is 38.7 Å². The van der Waals surface area contributed by atoms with E-state index in [0.29, 0.717) is 5.75 Å². The minimum atomic E-state index is -0.735. The number of esters is 3. The number of carbonyl (C=O) groups is 3. The summed E-state index contributed by atoms with van der Waals surface area (Å²) in [6.07, 6.45) is 0. The maximum Gasteiger partial charge on any atom is 0.348 e. The fourth-order valence-electron chi connectivity index (χ4n) is 2.56. The summed E-state index contributed by atoms with van der Waals surface area (Å²) in [7, 11) is 2.38. The van der Waals surface area contributed by atoms with Gasteiger partial charge in [-0.3, -0.25) is 0 Å². The fraction of sp³-hybridized carbons (Fsp3) is 0.316. The Kier molecular flexibility index (Phi) is 7.00. The molecule has 8 nitrogen and oxygen atoms in total. The zero-order valence-corrected chi connectivity index (χ0v) is 16.8. The summed E-state index contributed by atoms with van der Waals surface area (Å²) in [5.74, 6) is -1.49. The van der Waals surface area contributed by atoms with Gasteiger partial charge >= 0.3 is 17.9 Å². The predicted octanol–water partition coefficient (Wildman–Crippen LogP) is 2.64. The molecule has 1 aromatic carbocycles. The van der Waals surface area contributed by atoms with Crippen molar-refractivity contribution in [1.82, 2.24) is 0 Å². The van der Waals surface area contributed by atoms with Gasteiger partial charge in [-0.05, 0) is 25.0 Å². The second-order valence-electron chi connectivity index (χ2n) is 5.80. The summed E-state index contributed by atoms with van der Waals surface area (Å²) in [6.45, 7) is 3.06. The first kappa shape index (κ1) is 21.2. The number of thiophene rings is 1. The highest BCUT2D eigenvalue weighted by atomic mass is 32.1. The largest absolute Gasteiger partial charge is 0.481 e. The van der Waals surface area contributed by atoms with E-state index in [2.05, 4.69) is 0 Å². The first-order valence-electron chi connectivity index (χ1n) is 8.22. The molecular formula is C19H21NO7S. The SMILES string of the molecule is COC(=O)c1sc(N)c(C(=O)OC)c1COC(=O)COc1c(C)cccc1C. The number of nitrogens with two attached hydrogens (primary N) is 1. The minimum Gasteiger partial charge on any atom is -0.481 e. The zero-order chi connectivity index (χ0) is 20.8. The molecule has 0 aliphatic carbocycles. The highest BCUT2D eigenvalue weighted by Crippen LogP contribution is 2.33. The van der Waals surface area contributed by atoms with Gasteiger partial charge < -0.3 is 24.7 Å². The van der Waals surface area contributed by atoms with Gasteiger partial charge in [0.1, 0.15) is 27.8 Å². The number of benzene rings is 1. The smallest absolute Gasteiger partial charge is 0.348 e. The number of rotatable bonds is 7. The molecule has 0 spiro atoms. The van der Waals surface area contributed by atoms with Crippen LogP contribution in [0.5, 0.6) is 5.75 Å². The lowest BCUT2D eigenvalue weighted by atomic mass is 10.1. The van der Waals surface area contributed by atoms with E-state index in [-0.39, 0.29) is 34.2 Å². The summed E-state index contributed by atoms with van der Waals surface area (Å²) >= 11 is 0.863. The third-order valence-electron chi connectivity index (χ3n) is 3.92. The van der Waals surface area contributed by atoms with Crippen LogP contribution in [0.4, 0.5) is 5.00 Å². The summed E-state index contributed by atoms with van der Waals surface area (Å²) < 4.78 is 20.1. The molecule has 0 aliphatic rings. The molecule has 9 heteroatoms. The Balaban J connectivity index is 2.13. The van der Waals surface area contributed by atoms with Gasteiger partial charge in [0, 0.05) is 5.56 Å². The van der Waals surface area contributed by atoms with Crippen molar-refractivity contribution in [1.29, 1.82) is 0 Å². The van der Waals surface area contributed by atoms with Crippen LogP contribution >= 0.6 is 11.3 Å². The van der Waals surface area contributed by atoms with E-state index < -0.39 is 17.9 Å². The Morgan fingerprint density at radius 1 is 1.04 bits per heavy atom. The van der Waals surface area contributed by atoms with Crippen molar-refractivity contribution in [3.8, 4) is 5.75 Å². The molecule has 2 N–H and O–H groups in total. The Morgan fingerprint density at radius 2 is 1.64 bits per heavy atom. The zero-order valence-electron chi connectivity index (χ0n) is 16.0. The summed E-state index contributed by atoms with van der Waals surface area (Å²) in [5, 5.41) is 0.0742. The van der Waals surface area contributed by atoms with Gasteiger partial charge in [0.25, 0.3) is 0 Å². The van der Waals surface area contributed by atoms with Gasteiger partial charge in [-0.1, -0.05) is 18.2 Å². The highest BCUT2D eigenvalue weighted by molar-refractivity contribution is 7.18. The van der Waals surface area contributed by atoms with Crippen LogP contribution in [0.2, 0.25) is 0 Å². The van der Waals surface area contributed by atoms with Crippen LogP contribution in [0.25, 0.3) is 0 Å². The van der Waals surface area contributed by atoms with Crippen LogP contribution in [0.15, 0.2) is 18.2 Å². The van der Waals surface area contributed by atoms with Crippen LogP contribution in [-0.2, 0) is 25.6 Å². The molecule has 0 saturated heterocycles. The van der Waals surface area contributed by atoms with Crippen molar-refractivity contribution in [3.63, 3.8) is 0 Å². The molecule has 0 amide bonds. The number of para-hydroxylation sites is 1. The molecule has 1 heterocycles. The molecule has 0 bridgehead atoms. The lowest BCUT2D eigenvalue weighted by Crippen LogP contribution is -2.17. The lowest BCUT2D eigenvalue weighted by Gasteiger charge is -2.12. The molecule has 0 unspecified atom stereocenters. The van der Waals surface area contributed by atoms with Crippen LogP contribution < -0.4 is 10.5 Å². The molecule has 2 rings (SSSR count). The first-order valence-corrected chi connectivity index (χ1v) is 9.04. The van der Waals surface area contributed by atoms with E-state index in [1.54, 1.807) is 0 Å². The molecule has 2 aromatic rings. The Bertz CT molecular complexity index is 884. The van der Waals surface area contributed by atoms with Gasteiger partial charge in [-0.25, -0.2) is 14.4 Å². The second kappa shape index (κ2) is 9.23. The summed E-state index contributed by atoms with van der Waals surface area (Å²) in [4.78, 5) is 36.1. The third kappa shape index (κ3) is 4.61. The Hall–Kier alpha value is -3.07. The normalized spacial score (nSPS) is 10.3. The molecule has 0 atom stereocenters. The van der Waals surface area contributed by atoms with E-state index in [1.165, 1.54) is 14.2 Å². The molecule has 0 radical (unpaired) electrons. The predicted molar refractivity (Wildman–Crippen MR) is 103 cm³/mol. The maximum absolute atomic E-state index is 12.1. The number of methoxy groups -OCH3 is 2. The van der Waals surface area contributed by atoms with E-state index in [4.69, 9.17) is 24.7 Å². The maximum atomic E-state index is 12.1. The van der Waals surface area contributed by atoms with E-state index in [1.807, 2.05) is 32.0 Å². The number of hydrogen-bond acceptors (Lipinski definition) is 9. The summed E-state index contributed by atoms with van der Waals surface area (Å²) in [6, 6.07) is 5.62. The number of nitrogen functional groups attached to an aromatic ring is 1. The van der Waals surface area contributed by atoms with E-state index in [0.717, 1.165) is 22.5 Å². The van der Waals surface area contributed by atoms with E-state index in [9.17, 15) is 14.4 Å². The highest BCUT2D eigenvalue weighted by Gasteiger charge is 2.28. The molecule has 150 valence electrons. The van der Waals surface area contributed by atoms with Gasteiger partial charge in [0.2, 0.25) is 0 Å². The molecule has 1 aromatic heterocycles. The monoisotopic (exact) mass is 407 g/mol. The average Bonchev–Trinajstić information content (AvgIpc) is 3.00. The van der Waals surface area contributed by atoms with Crippen molar-refractivity contribution in [2.75, 3.05) is 26.6 Å². The second-order valence-corrected chi connectivity index (χ2v) is 6.85. The quantitative estimate of drug-likeness (QED) is 0.550. The molecule has 0 aliphatic heterocycles. The van der Waals surface area contributed by atoms with E-state index >= 15 is 0 Å². The molecule has 0 fully saturated rings. The van der Waals surface area contributed by atoms with Crippen molar-refractivity contribution >= 4 is 34.2 Å². The minimum absolute atomic E-state index is 0.0173. The van der Waals surface area contributed by atoms with Gasteiger partial charge in [-0.15, -0.1) is 11.3 Å². The van der Waals surface area contributed by atoms with Crippen molar-refractivity contribution in [3.05, 3.63) is 45.3 Å². The van der Waals surface area contributed by atoms with Gasteiger partial charge in [0.05, 0.1) is 14.2 Å². The van der Waals surface area contributed by atoms with Crippen LogP contribution in [0, 0.1) is 13.8 Å². The van der Waals surface area contributed by atoms with Crippen molar-refractivity contribution < 1.29 is 33.3 Å². The number of carbonyl (C=O) groups excluding carboxylic acids is 3. The molecular weight excluding hydrogens is 386 g/mol. The topological polar surface area (TPSA) is 114 Å². The number of anilines is 1. The Labute approximate surface area is 166 Å². The van der Waals surface area contributed by atoms with Crippen molar-refractivity contribution in [2.24, 2.45) is 0 Å². The summed E-state index contributed by atoms with van der Waals surface area (Å²) in [5.41, 5.74) is 7.73. The fourth-order valence-corrected chi connectivity index (χ4v) is 3.54. The van der Waals surface area contributed by atoms with Crippen LogP contribution in [0.1, 0.15) is 36.7 Å². The van der Waals surface area contributed by atoms with Crippen molar-refractivity contribution in [2.45, 2.75) is 20.5 Å². The van der Waals surface area contributed by atoms with Gasteiger partial charge in [0.15, 0.2) is 6.61 Å². The average molecular weight is 407 g/mol. The third-order valence-corrected chi connectivity index (χ3v) is 4.96. The van der Waals surface area contributed by atoms with Crippen LogP contribution in [0.3, 0.4) is 0 Å². The number of aryl methyl sites for hydroxylation is 2. The van der Waals surface area contributed by atoms with Gasteiger partial charge in [-0.2, -0.15) is 0 Å². The first-order chi connectivity index (χ1) is 13.3. The number of ether oxygens (including phenoxy) is 4.